The van der Waals surface area contributed by atoms with Gasteiger partial charge < -0.3 is 10.6 Å². The molecule has 0 saturated carbocycles. The summed E-state index contributed by atoms with van der Waals surface area (Å²) in [5.41, 5.74) is 1.71. The number of nitrogens with one attached hydrogen (secondary N) is 2. The van der Waals surface area contributed by atoms with Crippen LogP contribution in [-0.2, 0) is 4.79 Å². The zero-order valence-electron chi connectivity index (χ0n) is 11.8. The molecule has 0 spiro atoms. The standard InChI is InChI=1S/C15H20N4O/c1-3-16-12(2)10-15(20)18-13-6-4-7-14(11-13)19-9-5-8-17-19/h4-9,11-12,16H,3,10H2,1-2H3,(H,18,20). The van der Waals surface area contributed by atoms with Crippen molar-refractivity contribution in [2.75, 3.05) is 11.9 Å². The number of anilines is 1. The molecule has 5 nitrogen and oxygen atoms in total. The maximum atomic E-state index is 11.9. The molecule has 0 saturated heterocycles. The van der Waals surface area contributed by atoms with E-state index in [1.165, 1.54) is 0 Å². The fourth-order valence-corrected chi connectivity index (χ4v) is 2.06. The number of carbonyl (C=O) groups is 1. The lowest BCUT2D eigenvalue weighted by atomic mass is 10.2. The predicted molar refractivity (Wildman–Crippen MR) is 79.9 cm³/mol. The highest BCUT2D eigenvalue weighted by molar-refractivity contribution is 5.91. The minimum absolute atomic E-state index is 0.0102. The molecule has 1 heterocycles. The van der Waals surface area contributed by atoms with Crippen LogP contribution in [0.25, 0.3) is 5.69 Å². The molecule has 5 heteroatoms. The van der Waals surface area contributed by atoms with Crippen molar-refractivity contribution in [1.29, 1.82) is 0 Å². The van der Waals surface area contributed by atoms with Gasteiger partial charge in [-0.3, -0.25) is 4.79 Å². The normalized spacial score (nSPS) is 12.1. The number of hydrogen-bond acceptors (Lipinski definition) is 3. The molecule has 1 atom stereocenters. The van der Waals surface area contributed by atoms with E-state index in [0.29, 0.717) is 6.42 Å². The summed E-state index contributed by atoms with van der Waals surface area (Å²) in [7, 11) is 0. The van der Waals surface area contributed by atoms with Gasteiger partial charge in [-0.2, -0.15) is 5.10 Å². The van der Waals surface area contributed by atoms with Gasteiger partial charge in [-0.05, 0) is 37.7 Å². The minimum Gasteiger partial charge on any atom is -0.326 e. The van der Waals surface area contributed by atoms with Gasteiger partial charge in [0.05, 0.1) is 5.69 Å². The third-order valence-electron chi connectivity index (χ3n) is 2.94. The number of carbonyl (C=O) groups excluding carboxylic acids is 1. The molecular formula is C15H20N4O. The average Bonchev–Trinajstić information content (AvgIpc) is 2.92. The Balaban J connectivity index is 1.99. The topological polar surface area (TPSA) is 59.0 Å². The molecule has 1 amide bonds. The first-order valence-electron chi connectivity index (χ1n) is 6.82. The largest absolute Gasteiger partial charge is 0.326 e. The Kier molecular flexibility index (Phi) is 4.90. The van der Waals surface area contributed by atoms with E-state index in [9.17, 15) is 4.79 Å². The lowest BCUT2D eigenvalue weighted by Crippen LogP contribution is -2.30. The zero-order chi connectivity index (χ0) is 14.4. The predicted octanol–water partition coefficient (Wildman–Crippen LogP) is 2.20. The van der Waals surface area contributed by atoms with Crippen LogP contribution in [0.15, 0.2) is 42.7 Å². The Labute approximate surface area is 119 Å². The average molecular weight is 272 g/mol. The van der Waals surface area contributed by atoms with Crippen LogP contribution in [0, 0.1) is 0 Å². The molecule has 1 aromatic heterocycles. The summed E-state index contributed by atoms with van der Waals surface area (Å²) in [6.07, 6.45) is 4.05. The van der Waals surface area contributed by atoms with E-state index in [4.69, 9.17) is 0 Å². The third kappa shape index (κ3) is 3.93. The Morgan fingerprint density at radius 1 is 1.40 bits per heavy atom. The van der Waals surface area contributed by atoms with Crippen molar-refractivity contribution >= 4 is 11.6 Å². The lowest BCUT2D eigenvalue weighted by molar-refractivity contribution is -0.116. The summed E-state index contributed by atoms with van der Waals surface area (Å²) in [5, 5.41) is 10.3. The van der Waals surface area contributed by atoms with Crippen LogP contribution in [0.3, 0.4) is 0 Å². The number of aromatic nitrogens is 2. The fraction of sp³-hybridized carbons (Fsp3) is 0.333. The van der Waals surface area contributed by atoms with Crippen LogP contribution in [0.5, 0.6) is 0 Å². The van der Waals surface area contributed by atoms with E-state index in [1.807, 2.05) is 50.4 Å². The summed E-state index contributed by atoms with van der Waals surface area (Å²) in [4.78, 5) is 11.9. The molecular weight excluding hydrogens is 252 g/mol. The first-order valence-corrected chi connectivity index (χ1v) is 6.82. The van der Waals surface area contributed by atoms with E-state index < -0.39 is 0 Å². The molecule has 0 bridgehead atoms. The number of benzene rings is 1. The maximum Gasteiger partial charge on any atom is 0.225 e. The Bertz CT molecular complexity index is 551. The second-order valence-corrected chi connectivity index (χ2v) is 4.71. The van der Waals surface area contributed by atoms with Crippen molar-refractivity contribution in [3.63, 3.8) is 0 Å². The molecule has 1 aromatic carbocycles. The highest BCUT2D eigenvalue weighted by Gasteiger charge is 2.08. The molecule has 2 N–H and O–H groups in total. The summed E-state index contributed by atoms with van der Waals surface area (Å²) >= 11 is 0. The molecule has 0 fully saturated rings. The van der Waals surface area contributed by atoms with E-state index >= 15 is 0 Å². The maximum absolute atomic E-state index is 11.9. The van der Waals surface area contributed by atoms with Crippen LogP contribution < -0.4 is 10.6 Å². The zero-order valence-corrected chi connectivity index (χ0v) is 11.8. The van der Waals surface area contributed by atoms with Crippen LogP contribution in [0.4, 0.5) is 5.69 Å². The molecule has 2 rings (SSSR count). The summed E-state index contributed by atoms with van der Waals surface area (Å²) < 4.78 is 1.76. The molecule has 1 unspecified atom stereocenters. The Morgan fingerprint density at radius 3 is 2.95 bits per heavy atom. The van der Waals surface area contributed by atoms with Crippen molar-refractivity contribution in [1.82, 2.24) is 15.1 Å². The van der Waals surface area contributed by atoms with E-state index in [2.05, 4.69) is 15.7 Å². The minimum atomic E-state index is 0.0102. The van der Waals surface area contributed by atoms with E-state index in [-0.39, 0.29) is 11.9 Å². The second kappa shape index (κ2) is 6.86. The summed E-state index contributed by atoms with van der Waals surface area (Å²) in [6.45, 7) is 4.90. The van der Waals surface area contributed by atoms with Crippen molar-refractivity contribution in [3.05, 3.63) is 42.7 Å². The van der Waals surface area contributed by atoms with Gasteiger partial charge in [0.25, 0.3) is 0 Å². The quantitative estimate of drug-likeness (QED) is 0.847. The molecule has 0 radical (unpaired) electrons. The number of hydrogen-bond donors (Lipinski definition) is 2. The van der Waals surface area contributed by atoms with Crippen molar-refractivity contribution in [2.45, 2.75) is 26.3 Å². The Hall–Kier alpha value is -2.14. The highest BCUT2D eigenvalue weighted by Crippen LogP contribution is 2.14. The first-order chi connectivity index (χ1) is 9.69. The number of rotatable bonds is 6. The fourth-order valence-electron chi connectivity index (χ4n) is 2.06. The van der Waals surface area contributed by atoms with Crippen LogP contribution >= 0.6 is 0 Å². The number of amides is 1. The van der Waals surface area contributed by atoms with Gasteiger partial charge in [-0.1, -0.05) is 13.0 Å². The number of nitrogens with zero attached hydrogens (tertiary/aromatic N) is 2. The molecule has 2 aromatic rings. The highest BCUT2D eigenvalue weighted by atomic mass is 16.1. The first kappa shape index (κ1) is 14.3. The molecule has 20 heavy (non-hydrogen) atoms. The van der Waals surface area contributed by atoms with Gasteiger partial charge in [0, 0.05) is 30.5 Å². The molecule has 0 aliphatic carbocycles. The Morgan fingerprint density at radius 2 is 2.25 bits per heavy atom. The summed E-state index contributed by atoms with van der Waals surface area (Å²) in [6, 6.07) is 9.67. The van der Waals surface area contributed by atoms with Gasteiger partial charge in [0.1, 0.15) is 0 Å². The monoisotopic (exact) mass is 272 g/mol. The van der Waals surface area contributed by atoms with Crippen molar-refractivity contribution < 1.29 is 4.79 Å². The van der Waals surface area contributed by atoms with Crippen molar-refractivity contribution in [3.8, 4) is 5.69 Å². The summed E-state index contributed by atoms with van der Waals surface area (Å²) in [5.74, 6) is 0.0102. The van der Waals surface area contributed by atoms with E-state index in [1.54, 1.807) is 10.9 Å². The van der Waals surface area contributed by atoms with Gasteiger partial charge >= 0.3 is 0 Å². The molecule has 0 aliphatic rings. The van der Waals surface area contributed by atoms with Crippen LogP contribution in [-0.4, -0.2) is 28.3 Å². The molecule has 106 valence electrons. The van der Waals surface area contributed by atoms with Crippen LogP contribution in [0.2, 0.25) is 0 Å². The smallest absolute Gasteiger partial charge is 0.225 e. The second-order valence-electron chi connectivity index (χ2n) is 4.71. The van der Waals surface area contributed by atoms with Gasteiger partial charge in [0.2, 0.25) is 5.91 Å². The van der Waals surface area contributed by atoms with Gasteiger partial charge in [0.15, 0.2) is 0 Å². The van der Waals surface area contributed by atoms with Crippen LogP contribution in [0.1, 0.15) is 20.3 Å². The van der Waals surface area contributed by atoms with Gasteiger partial charge in [-0.25, -0.2) is 4.68 Å². The van der Waals surface area contributed by atoms with Crippen molar-refractivity contribution in [2.24, 2.45) is 0 Å². The van der Waals surface area contributed by atoms with E-state index in [0.717, 1.165) is 17.9 Å². The molecule has 0 aliphatic heterocycles. The third-order valence-corrected chi connectivity index (χ3v) is 2.94. The van der Waals surface area contributed by atoms with Gasteiger partial charge in [-0.15, -0.1) is 0 Å². The lowest BCUT2D eigenvalue weighted by Gasteiger charge is -2.12. The SMILES string of the molecule is CCNC(C)CC(=O)Nc1cccc(-n2cccn2)c1.